The van der Waals surface area contributed by atoms with Crippen LogP contribution in [0.25, 0.3) is 0 Å². The van der Waals surface area contributed by atoms with Gasteiger partial charge in [-0.1, -0.05) is 0 Å². The third-order valence-corrected chi connectivity index (χ3v) is 4.24. The second-order valence-electron chi connectivity index (χ2n) is 6.67. The van der Waals surface area contributed by atoms with E-state index < -0.39 is 0 Å². The number of anilines is 2. The van der Waals surface area contributed by atoms with Gasteiger partial charge in [0, 0.05) is 23.9 Å². The Kier molecular flexibility index (Phi) is 5.37. The Morgan fingerprint density at radius 1 is 1.35 bits per heavy atom. The van der Waals surface area contributed by atoms with Gasteiger partial charge >= 0.3 is 0 Å². The van der Waals surface area contributed by atoms with Gasteiger partial charge in [0.2, 0.25) is 0 Å². The van der Waals surface area contributed by atoms with Gasteiger partial charge in [-0.25, -0.2) is 9.97 Å². The number of hydrogen-bond donors (Lipinski definition) is 2. The molecule has 0 aliphatic carbocycles. The van der Waals surface area contributed by atoms with E-state index in [1.807, 2.05) is 26.0 Å². The molecule has 0 amide bonds. The zero-order valence-electron chi connectivity index (χ0n) is 15.4. The molecule has 138 valence electrons. The largest absolute Gasteiger partial charge is 0.491 e. The maximum absolute atomic E-state index is 8.58. The molecule has 2 aromatic rings. The fraction of sp³-hybridized carbons (Fsp3) is 0.421. The van der Waals surface area contributed by atoms with Gasteiger partial charge in [0.25, 0.3) is 0 Å². The van der Waals surface area contributed by atoms with E-state index in [1.54, 1.807) is 12.1 Å². The number of rotatable bonds is 5. The number of nitrogens with one attached hydrogen (secondary N) is 1. The predicted octanol–water partition coefficient (Wildman–Crippen LogP) is 2.49. The monoisotopic (exact) mass is 355 g/mol. The Labute approximate surface area is 153 Å². The van der Waals surface area contributed by atoms with E-state index in [1.165, 1.54) is 6.33 Å². The highest BCUT2D eigenvalue weighted by Gasteiger charge is 2.21. The van der Waals surface area contributed by atoms with Crippen LogP contribution in [-0.4, -0.2) is 47.6 Å². The Morgan fingerprint density at radius 3 is 2.88 bits per heavy atom. The molecule has 1 aromatic carbocycles. The highest BCUT2D eigenvalue weighted by atomic mass is 16.5. The van der Waals surface area contributed by atoms with Crippen molar-refractivity contribution in [3.05, 3.63) is 41.9 Å². The van der Waals surface area contributed by atoms with Crippen molar-refractivity contribution in [2.24, 2.45) is 0 Å². The van der Waals surface area contributed by atoms with Gasteiger partial charge in [0.1, 0.15) is 17.9 Å². The molecule has 1 saturated heterocycles. The minimum absolute atomic E-state index is 0.0501. The first-order chi connectivity index (χ1) is 12.5. The van der Waals surface area contributed by atoms with E-state index in [4.69, 9.17) is 20.6 Å². The minimum Gasteiger partial charge on any atom is -0.491 e. The number of benzene rings is 1. The topological polar surface area (TPSA) is 97.4 Å². The summed E-state index contributed by atoms with van der Waals surface area (Å²) in [7, 11) is 0. The van der Waals surface area contributed by atoms with Crippen molar-refractivity contribution in [3.63, 3.8) is 0 Å². The standard InChI is InChI=1S/C19H25N5O2/c1-12(2)26-14-4-5-16(20)15(8-14)19(21)17-9-18(23-11-22-17)24-6-7-25-10-13(24)3/h4-5,8-9,11-13,21H,6-7,10,20H2,1-3H3. The summed E-state index contributed by atoms with van der Waals surface area (Å²) in [5.74, 6) is 1.48. The highest BCUT2D eigenvalue weighted by Crippen LogP contribution is 2.24. The lowest BCUT2D eigenvalue weighted by atomic mass is 10.0. The summed E-state index contributed by atoms with van der Waals surface area (Å²) in [5, 5.41) is 8.58. The van der Waals surface area contributed by atoms with E-state index in [2.05, 4.69) is 21.8 Å². The van der Waals surface area contributed by atoms with Gasteiger partial charge in [0.05, 0.1) is 36.8 Å². The third kappa shape index (κ3) is 3.94. The number of morpholine rings is 1. The molecule has 26 heavy (non-hydrogen) atoms. The summed E-state index contributed by atoms with van der Waals surface area (Å²) in [6.45, 7) is 8.12. The molecule has 0 radical (unpaired) electrons. The molecule has 1 aromatic heterocycles. The van der Waals surface area contributed by atoms with Crippen LogP contribution >= 0.6 is 0 Å². The summed E-state index contributed by atoms with van der Waals surface area (Å²) < 4.78 is 11.2. The molecule has 0 spiro atoms. The lowest BCUT2D eigenvalue weighted by Crippen LogP contribution is -2.44. The molecule has 1 aliphatic rings. The van der Waals surface area contributed by atoms with Crippen LogP contribution in [0.15, 0.2) is 30.6 Å². The Bertz CT molecular complexity index is 793. The first-order valence-electron chi connectivity index (χ1n) is 8.77. The van der Waals surface area contributed by atoms with Crippen LogP contribution < -0.4 is 15.4 Å². The quantitative estimate of drug-likeness (QED) is 0.632. The Balaban J connectivity index is 1.89. The second kappa shape index (κ2) is 7.70. The van der Waals surface area contributed by atoms with E-state index in [9.17, 15) is 0 Å². The smallest absolute Gasteiger partial charge is 0.133 e. The van der Waals surface area contributed by atoms with Crippen molar-refractivity contribution in [2.45, 2.75) is 32.9 Å². The fourth-order valence-corrected chi connectivity index (χ4v) is 2.94. The molecule has 3 rings (SSSR count). The van der Waals surface area contributed by atoms with Gasteiger partial charge in [-0.2, -0.15) is 0 Å². The minimum atomic E-state index is 0.0501. The van der Waals surface area contributed by atoms with Gasteiger partial charge in [-0.3, -0.25) is 5.41 Å². The molecule has 7 nitrogen and oxygen atoms in total. The van der Waals surface area contributed by atoms with E-state index in [-0.39, 0.29) is 17.9 Å². The molecule has 2 heterocycles. The maximum Gasteiger partial charge on any atom is 0.133 e. The highest BCUT2D eigenvalue weighted by molar-refractivity contribution is 6.13. The number of ether oxygens (including phenoxy) is 2. The molecule has 0 bridgehead atoms. The molecule has 1 fully saturated rings. The normalized spacial score (nSPS) is 17.4. The zero-order valence-corrected chi connectivity index (χ0v) is 15.4. The van der Waals surface area contributed by atoms with Gasteiger partial charge in [-0.15, -0.1) is 0 Å². The van der Waals surface area contributed by atoms with Crippen molar-refractivity contribution in [1.82, 2.24) is 9.97 Å². The van der Waals surface area contributed by atoms with Crippen LogP contribution in [0.1, 0.15) is 32.0 Å². The van der Waals surface area contributed by atoms with E-state index in [0.29, 0.717) is 35.9 Å². The summed E-state index contributed by atoms with van der Waals surface area (Å²) in [6.07, 6.45) is 1.54. The Hall–Kier alpha value is -2.67. The summed E-state index contributed by atoms with van der Waals surface area (Å²) in [4.78, 5) is 10.8. The van der Waals surface area contributed by atoms with Gasteiger partial charge in [0.15, 0.2) is 0 Å². The van der Waals surface area contributed by atoms with Crippen molar-refractivity contribution in [3.8, 4) is 5.75 Å². The van der Waals surface area contributed by atoms with Crippen LogP contribution in [0.5, 0.6) is 5.75 Å². The SMILES string of the molecule is CC(C)Oc1ccc(N)c(C(=N)c2cc(N3CCOCC3C)ncn2)c1. The summed E-state index contributed by atoms with van der Waals surface area (Å²) in [6, 6.07) is 7.42. The van der Waals surface area contributed by atoms with Crippen LogP contribution in [0.4, 0.5) is 11.5 Å². The van der Waals surface area contributed by atoms with E-state index >= 15 is 0 Å². The summed E-state index contributed by atoms with van der Waals surface area (Å²) in [5.41, 5.74) is 7.99. The fourth-order valence-electron chi connectivity index (χ4n) is 2.94. The van der Waals surface area contributed by atoms with Gasteiger partial charge in [-0.05, 0) is 39.0 Å². The average Bonchev–Trinajstić information content (AvgIpc) is 2.63. The molecule has 3 N–H and O–H groups in total. The van der Waals surface area contributed by atoms with Crippen molar-refractivity contribution >= 4 is 17.2 Å². The number of nitrogen functional groups attached to an aromatic ring is 1. The van der Waals surface area contributed by atoms with Crippen LogP contribution in [0, 0.1) is 5.41 Å². The molecular weight excluding hydrogens is 330 g/mol. The van der Waals surface area contributed by atoms with Crippen molar-refractivity contribution in [1.29, 1.82) is 5.41 Å². The number of nitrogens with zero attached hydrogens (tertiary/aromatic N) is 3. The molecule has 7 heteroatoms. The molecule has 1 atom stereocenters. The lowest BCUT2D eigenvalue weighted by molar-refractivity contribution is 0.0985. The average molecular weight is 355 g/mol. The maximum atomic E-state index is 8.58. The van der Waals surface area contributed by atoms with Crippen molar-refractivity contribution < 1.29 is 9.47 Å². The Morgan fingerprint density at radius 2 is 2.15 bits per heavy atom. The van der Waals surface area contributed by atoms with E-state index in [0.717, 1.165) is 12.4 Å². The van der Waals surface area contributed by atoms with Crippen LogP contribution in [0.2, 0.25) is 0 Å². The number of aromatic nitrogens is 2. The molecule has 1 aliphatic heterocycles. The second-order valence-corrected chi connectivity index (χ2v) is 6.67. The molecule has 1 unspecified atom stereocenters. The molecule has 0 saturated carbocycles. The first-order valence-corrected chi connectivity index (χ1v) is 8.77. The first kappa shape index (κ1) is 18.1. The zero-order chi connectivity index (χ0) is 18.7. The summed E-state index contributed by atoms with van der Waals surface area (Å²) >= 11 is 0. The van der Waals surface area contributed by atoms with Crippen LogP contribution in [0.3, 0.4) is 0 Å². The lowest BCUT2D eigenvalue weighted by Gasteiger charge is -2.34. The van der Waals surface area contributed by atoms with Crippen LogP contribution in [-0.2, 0) is 4.74 Å². The predicted molar refractivity (Wildman–Crippen MR) is 102 cm³/mol. The number of nitrogens with two attached hydrogens (primary N) is 1. The van der Waals surface area contributed by atoms with Gasteiger partial charge < -0.3 is 20.1 Å². The number of hydrogen-bond acceptors (Lipinski definition) is 7. The van der Waals surface area contributed by atoms with Crippen molar-refractivity contribution in [2.75, 3.05) is 30.4 Å². The molecular formula is C19H25N5O2. The third-order valence-electron chi connectivity index (χ3n) is 4.24.